The molecule has 2 aliphatic heterocycles. The topological polar surface area (TPSA) is 111 Å². The number of morpholine rings is 1. The number of rotatable bonds is 6. The molecule has 2 aliphatic rings. The van der Waals surface area contributed by atoms with Crippen LogP contribution in [-0.2, 0) is 16.1 Å². The number of halogens is 1. The number of nitrogens with zero attached hydrogens (tertiary/aromatic N) is 4. The number of carbonyl (C=O) groups excluding carboxylic acids is 1. The van der Waals surface area contributed by atoms with Gasteiger partial charge in [0.05, 0.1) is 40.2 Å². The van der Waals surface area contributed by atoms with Crippen LogP contribution < -0.4 is 15.4 Å². The van der Waals surface area contributed by atoms with Gasteiger partial charge in [-0.15, -0.1) is 11.3 Å². The van der Waals surface area contributed by atoms with Crippen molar-refractivity contribution in [2.24, 2.45) is 0 Å². The van der Waals surface area contributed by atoms with Crippen molar-refractivity contribution in [3.63, 3.8) is 0 Å². The van der Waals surface area contributed by atoms with Crippen LogP contribution in [0.1, 0.15) is 17.0 Å². The van der Waals surface area contributed by atoms with Crippen LogP contribution in [0.5, 0.6) is 5.75 Å². The zero-order valence-corrected chi connectivity index (χ0v) is 23.6. The zero-order chi connectivity index (χ0) is 28.0. The largest absolute Gasteiger partial charge is 0.486 e. The van der Waals surface area contributed by atoms with E-state index in [-0.39, 0.29) is 18.2 Å². The maximum atomic E-state index is 12.4. The maximum Gasteiger partial charge on any atom is 0.410 e. The smallest absolute Gasteiger partial charge is 0.410 e. The number of fused-ring (bicyclic) bond motifs is 1. The average Bonchev–Trinajstić information content (AvgIpc) is 3.64. The lowest BCUT2D eigenvalue weighted by molar-refractivity contribution is 0.0156. The van der Waals surface area contributed by atoms with Crippen molar-refractivity contribution in [2.75, 3.05) is 38.2 Å². The third kappa shape index (κ3) is 6.86. The molecule has 5 heterocycles. The van der Waals surface area contributed by atoms with E-state index in [4.69, 9.17) is 25.8 Å². The number of pyridine rings is 1. The Kier molecular flexibility index (Phi) is 8.44. The van der Waals surface area contributed by atoms with Gasteiger partial charge in [0.2, 0.25) is 0 Å². The normalized spacial score (nSPS) is 18.5. The fourth-order valence-corrected chi connectivity index (χ4v) is 5.60. The van der Waals surface area contributed by atoms with Gasteiger partial charge < -0.3 is 24.4 Å². The van der Waals surface area contributed by atoms with E-state index in [1.807, 2.05) is 36.4 Å². The second kappa shape index (κ2) is 12.7. The molecule has 0 saturated carbocycles. The van der Waals surface area contributed by atoms with E-state index in [1.165, 1.54) is 17.7 Å². The Bertz CT molecular complexity index is 1580. The molecule has 3 aromatic heterocycles. The van der Waals surface area contributed by atoms with Crippen LogP contribution in [0.25, 0.3) is 10.2 Å². The van der Waals surface area contributed by atoms with Gasteiger partial charge in [-0.25, -0.2) is 14.8 Å². The SMILES string of the molecule is O=C(OC1CNC(C#Cc2cc3c(Nc4ccc(OCc5ccccn5)c(Cl)c4)ncnc3s2)C1)N1CCOCC1. The first-order chi connectivity index (χ1) is 20.1. The second-order valence-corrected chi connectivity index (χ2v) is 10.9. The van der Waals surface area contributed by atoms with E-state index in [0.29, 0.717) is 62.5 Å². The molecule has 2 N–H and O–H groups in total. The fourth-order valence-electron chi connectivity index (χ4n) is 4.51. The monoisotopic (exact) mass is 590 g/mol. The van der Waals surface area contributed by atoms with Gasteiger partial charge in [0, 0.05) is 37.9 Å². The minimum absolute atomic E-state index is 0.0630. The highest BCUT2D eigenvalue weighted by Crippen LogP contribution is 2.33. The summed E-state index contributed by atoms with van der Waals surface area (Å²) in [6.07, 6.45) is 3.40. The zero-order valence-electron chi connectivity index (χ0n) is 22.0. The quantitative estimate of drug-likeness (QED) is 0.311. The molecule has 10 nitrogen and oxygen atoms in total. The predicted octanol–water partition coefficient (Wildman–Crippen LogP) is 4.61. The first-order valence-electron chi connectivity index (χ1n) is 13.2. The molecule has 0 spiro atoms. The van der Waals surface area contributed by atoms with Crippen molar-refractivity contribution in [3.05, 3.63) is 70.6 Å². The molecular formula is C29H27ClN6O4S. The molecule has 1 amide bonds. The molecule has 2 saturated heterocycles. The van der Waals surface area contributed by atoms with E-state index in [9.17, 15) is 4.79 Å². The maximum absolute atomic E-state index is 12.4. The van der Waals surface area contributed by atoms with E-state index in [0.717, 1.165) is 26.5 Å². The molecule has 0 radical (unpaired) electrons. The van der Waals surface area contributed by atoms with Crippen molar-refractivity contribution in [2.45, 2.75) is 25.2 Å². The van der Waals surface area contributed by atoms with Crippen LogP contribution in [0.4, 0.5) is 16.3 Å². The molecule has 12 heteroatoms. The molecule has 41 heavy (non-hydrogen) atoms. The van der Waals surface area contributed by atoms with Crippen LogP contribution in [-0.4, -0.2) is 70.9 Å². The average molecular weight is 591 g/mol. The van der Waals surface area contributed by atoms with Gasteiger partial charge >= 0.3 is 6.09 Å². The third-order valence-corrected chi connectivity index (χ3v) is 7.88. The molecule has 2 atom stereocenters. The lowest BCUT2D eigenvalue weighted by Gasteiger charge is -2.27. The fraction of sp³-hybridized carbons (Fsp3) is 0.310. The Morgan fingerprint density at radius 3 is 2.93 bits per heavy atom. The number of hydrogen-bond donors (Lipinski definition) is 2. The number of aromatic nitrogens is 3. The molecule has 6 rings (SSSR count). The van der Waals surface area contributed by atoms with Crippen molar-refractivity contribution in [1.82, 2.24) is 25.2 Å². The van der Waals surface area contributed by atoms with Gasteiger partial charge in [0.25, 0.3) is 0 Å². The number of benzene rings is 1. The number of anilines is 2. The molecular weight excluding hydrogens is 564 g/mol. The van der Waals surface area contributed by atoms with Gasteiger partial charge in [-0.3, -0.25) is 10.3 Å². The summed E-state index contributed by atoms with van der Waals surface area (Å²) < 4.78 is 16.8. The van der Waals surface area contributed by atoms with Gasteiger partial charge in [0.1, 0.15) is 35.4 Å². The lowest BCUT2D eigenvalue weighted by atomic mass is 10.2. The lowest BCUT2D eigenvalue weighted by Crippen LogP contribution is -2.42. The molecule has 1 aromatic carbocycles. The number of thiophene rings is 1. The summed E-state index contributed by atoms with van der Waals surface area (Å²) in [6.45, 7) is 3.13. The Morgan fingerprint density at radius 1 is 1.20 bits per heavy atom. The first kappa shape index (κ1) is 27.2. The minimum atomic E-state index is -0.287. The molecule has 2 unspecified atom stereocenters. The van der Waals surface area contributed by atoms with Gasteiger partial charge in [-0.05, 0) is 36.4 Å². The van der Waals surface area contributed by atoms with Crippen LogP contribution in [0, 0.1) is 11.8 Å². The van der Waals surface area contributed by atoms with Gasteiger partial charge in [0.15, 0.2) is 0 Å². The summed E-state index contributed by atoms with van der Waals surface area (Å²) in [6, 6.07) is 13.1. The van der Waals surface area contributed by atoms with E-state index >= 15 is 0 Å². The van der Waals surface area contributed by atoms with Crippen molar-refractivity contribution < 1.29 is 19.0 Å². The molecule has 2 fully saturated rings. The summed E-state index contributed by atoms with van der Waals surface area (Å²) >= 11 is 7.99. The highest BCUT2D eigenvalue weighted by molar-refractivity contribution is 7.19. The first-order valence-corrected chi connectivity index (χ1v) is 14.4. The minimum Gasteiger partial charge on any atom is -0.486 e. The van der Waals surface area contributed by atoms with Crippen LogP contribution in [0.15, 0.2) is 55.0 Å². The Hall–Kier alpha value is -3.95. The van der Waals surface area contributed by atoms with Crippen LogP contribution >= 0.6 is 22.9 Å². The highest BCUT2D eigenvalue weighted by Gasteiger charge is 2.28. The van der Waals surface area contributed by atoms with Crippen molar-refractivity contribution in [1.29, 1.82) is 0 Å². The summed E-state index contributed by atoms with van der Waals surface area (Å²) in [5.74, 6) is 7.75. The van der Waals surface area contributed by atoms with Crippen molar-refractivity contribution >= 4 is 50.8 Å². The van der Waals surface area contributed by atoms with Crippen molar-refractivity contribution in [3.8, 4) is 17.6 Å². The summed E-state index contributed by atoms with van der Waals surface area (Å²) in [4.78, 5) is 28.9. The third-order valence-electron chi connectivity index (χ3n) is 6.62. The summed E-state index contributed by atoms with van der Waals surface area (Å²) in [5.41, 5.74) is 1.59. The Morgan fingerprint density at radius 2 is 2.10 bits per heavy atom. The van der Waals surface area contributed by atoms with Gasteiger partial charge in [-0.1, -0.05) is 29.5 Å². The molecule has 210 valence electrons. The van der Waals surface area contributed by atoms with Gasteiger partial charge in [-0.2, -0.15) is 0 Å². The molecule has 4 aromatic rings. The molecule has 0 bridgehead atoms. The van der Waals surface area contributed by atoms with E-state index in [1.54, 1.807) is 17.2 Å². The number of amides is 1. The van der Waals surface area contributed by atoms with E-state index < -0.39 is 0 Å². The number of carbonyl (C=O) groups is 1. The molecule has 0 aliphatic carbocycles. The predicted molar refractivity (Wildman–Crippen MR) is 157 cm³/mol. The Labute approximate surface area is 246 Å². The van der Waals surface area contributed by atoms with Crippen LogP contribution in [0.2, 0.25) is 5.02 Å². The number of nitrogens with one attached hydrogen (secondary N) is 2. The summed E-state index contributed by atoms with van der Waals surface area (Å²) in [5, 5.41) is 8.01. The second-order valence-electron chi connectivity index (χ2n) is 9.50. The Balaban J connectivity index is 1.08. The number of ether oxygens (including phenoxy) is 3. The highest BCUT2D eigenvalue weighted by atomic mass is 35.5. The summed E-state index contributed by atoms with van der Waals surface area (Å²) in [7, 11) is 0. The standard InChI is InChI=1S/C29H27ClN6O4S/c30-25-14-20(5-7-26(25)39-17-21-3-1-2-8-31-21)35-27-24-15-23(41-28(24)34-18-33-27)6-4-19-13-22(16-32-19)40-29(37)36-9-11-38-12-10-36/h1-3,5,7-8,14-15,18-19,22,32H,9-13,16-17H2,(H,33,34,35). The number of hydrogen-bond acceptors (Lipinski definition) is 10. The van der Waals surface area contributed by atoms with Crippen LogP contribution in [0.3, 0.4) is 0 Å². The van der Waals surface area contributed by atoms with E-state index in [2.05, 4.69) is 37.4 Å².